The number of halogens is 1. The molecule has 0 radical (unpaired) electrons. The Balaban J connectivity index is 2.21. The molecule has 0 amide bonds. The average molecular weight is 273 g/mol. The van der Waals surface area contributed by atoms with E-state index in [1.54, 1.807) is 0 Å². The summed E-state index contributed by atoms with van der Waals surface area (Å²) >= 11 is 12.9. The number of thiocarbonyl (C=S) groups is 1. The van der Waals surface area contributed by atoms with Crippen molar-refractivity contribution in [3.05, 3.63) is 28.8 Å². The summed E-state index contributed by atoms with van der Waals surface area (Å²) in [6.07, 6.45) is 1.18. The van der Waals surface area contributed by atoms with Crippen LogP contribution in [0.2, 0.25) is 5.02 Å². The van der Waals surface area contributed by atoms with Crippen LogP contribution in [0.5, 0.6) is 0 Å². The fraction of sp³-hybridized carbons (Fsp3) is 0.364. The summed E-state index contributed by atoms with van der Waals surface area (Å²) in [4.78, 5) is 0.385. The van der Waals surface area contributed by atoms with Crippen molar-refractivity contribution in [2.75, 3.05) is 16.8 Å². The van der Waals surface area contributed by atoms with E-state index >= 15 is 0 Å². The molecule has 1 atom stereocenters. The van der Waals surface area contributed by atoms with Crippen LogP contribution in [0.15, 0.2) is 18.2 Å². The summed E-state index contributed by atoms with van der Waals surface area (Å²) in [5.41, 5.74) is 7.51. The second-order valence-corrected chi connectivity index (χ2v) is 5.79. The lowest BCUT2D eigenvalue weighted by Crippen LogP contribution is -2.21. The number of benzene rings is 1. The van der Waals surface area contributed by atoms with E-state index in [-0.39, 0.29) is 0 Å². The highest BCUT2D eigenvalue weighted by Gasteiger charge is 2.16. The number of hydrogen-bond donors (Lipinski definition) is 2. The van der Waals surface area contributed by atoms with Gasteiger partial charge in [-0.3, -0.25) is 0 Å². The third-order valence-electron chi connectivity index (χ3n) is 2.54. The molecule has 0 saturated carbocycles. The van der Waals surface area contributed by atoms with Crippen LogP contribution in [-0.4, -0.2) is 22.5 Å². The van der Waals surface area contributed by atoms with Gasteiger partial charge in [0, 0.05) is 28.1 Å². The Hall–Kier alpha value is -0.450. The predicted molar refractivity (Wildman–Crippen MR) is 76.7 cm³/mol. The molecular formula is C11H13ClN2S2. The standard InChI is InChI=1S/C11H13ClN2S2/c12-7-1-2-10(9(5-7)11(13)15)14-8-3-4-16-6-8/h1-2,5,8,14H,3-4,6H2,(H2,13,15). The lowest BCUT2D eigenvalue weighted by Gasteiger charge is -2.16. The molecule has 16 heavy (non-hydrogen) atoms. The summed E-state index contributed by atoms with van der Waals surface area (Å²) < 4.78 is 0. The highest BCUT2D eigenvalue weighted by Crippen LogP contribution is 2.25. The largest absolute Gasteiger partial charge is 0.389 e. The molecule has 0 spiro atoms. The zero-order valence-electron chi connectivity index (χ0n) is 8.70. The molecule has 5 heteroatoms. The molecule has 0 aromatic heterocycles. The Labute approximate surface area is 110 Å². The average Bonchev–Trinajstić information content (AvgIpc) is 2.73. The van der Waals surface area contributed by atoms with Gasteiger partial charge >= 0.3 is 0 Å². The van der Waals surface area contributed by atoms with Crippen molar-refractivity contribution >= 4 is 46.3 Å². The molecule has 1 heterocycles. The molecule has 1 aromatic carbocycles. The Morgan fingerprint density at radius 2 is 2.38 bits per heavy atom. The van der Waals surface area contributed by atoms with Crippen LogP contribution >= 0.6 is 35.6 Å². The summed E-state index contributed by atoms with van der Waals surface area (Å²) in [7, 11) is 0. The Bertz CT molecular complexity index is 403. The second-order valence-electron chi connectivity index (χ2n) is 3.76. The normalized spacial score (nSPS) is 19.7. The van der Waals surface area contributed by atoms with E-state index in [1.165, 1.54) is 12.2 Å². The first-order chi connectivity index (χ1) is 7.66. The molecule has 2 rings (SSSR count). The van der Waals surface area contributed by atoms with Gasteiger partial charge < -0.3 is 11.1 Å². The molecule has 86 valence electrons. The molecule has 1 aliphatic heterocycles. The number of nitrogens with two attached hydrogens (primary N) is 1. The maximum atomic E-state index is 5.93. The minimum absolute atomic E-state index is 0.385. The third kappa shape index (κ3) is 2.81. The molecule has 1 aromatic rings. The van der Waals surface area contributed by atoms with Crippen molar-refractivity contribution in [1.29, 1.82) is 0 Å². The minimum Gasteiger partial charge on any atom is -0.389 e. The van der Waals surface area contributed by atoms with Crippen molar-refractivity contribution < 1.29 is 0 Å². The van der Waals surface area contributed by atoms with Gasteiger partial charge in [-0.15, -0.1) is 0 Å². The lowest BCUT2D eigenvalue weighted by molar-refractivity contribution is 0.813. The molecule has 2 nitrogen and oxygen atoms in total. The zero-order valence-corrected chi connectivity index (χ0v) is 11.1. The number of thioether (sulfide) groups is 1. The van der Waals surface area contributed by atoms with Gasteiger partial charge in [-0.25, -0.2) is 0 Å². The van der Waals surface area contributed by atoms with Crippen LogP contribution in [0.1, 0.15) is 12.0 Å². The van der Waals surface area contributed by atoms with Gasteiger partial charge in [0.05, 0.1) is 0 Å². The summed E-state index contributed by atoms with van der Waals surface area (Å²) in [6, 6.07) is 6.13. The lowest BCUT2D eigenvalue weighted by atomic mass is 10.1. The first-order valence-corrected chi connectivity index (χ1v) is 7.04. The van der Waals surface area contributed by atoms with Crippen LogP contribution < -0.4 is 11.1 Å². The van der Waals surface area contributed by atoms with Crippen molar-refractivity contribution in [1.82, 2.24) is 0 Å². The van der Waals surface area contributed by atoms with Gasteiger partial charge in [-0.1, -0.05) is 23.8 Å². The number of rotatable bonds is 3. The van der Waals surface area contributed by atoms with Crippen LogP contribution in [0, 0.1) is 0 Å². The number of anilines is 1. The molecule has 1 unspecified atom stereocenters. The van der Waals surface area contributed by atoms with Gasteiger partial charge in [0.2, 0.25) is 0 Å². The van der Waals surface area contributed by atoms with Crippen LogP contribution in [0.25, 0.3) is 0 Å². The van der Waals surface area contributed by atoms with E-state index in [4.69, 9.17) is 29.6 Å². The van der Waals surface area contributed by atoms with Crippen molar-refractivity contribution in [2.45, 2.75) is 12.5 Å². The Kier molecular flexibility index (Phi) is 3.95. The van der Waals surface area contributed by atoms with Crippen molar-refractivity contribution in [2.24, 2.45) is 5.73 Å². The molecule has 0 aliphatic carbocycles. The predicted octanol–water partition coefficient (Wildman–Crippen LogP) is 2.89. The Morgan fingerprint density at radius 3 is 3.00 bits per heavy atom. The van der Waals surface area contributed by atoms with Gasteiger partial charge in [0.15, 0.2) is 0 Å². The van der Waals surface area contributed by atoms with Gasteiger partial charge in [0.1, 0.15) is 4.99 Å². The van der Waals surface area contributed by atoms with Crippen LogP contribution in [0.3, 0.4) is 0 Å². The van der Waals surface area contributed by atoms with Crippen LogP contribution in [0.4, 0.5) is 5.69 Å². The molecular weight excluding hydrogens is 260 g/mol. The molecule has 0 bridgehead atoms. The molecule has 1 saturated heterocycles. The number of hydrogen-bond acceptors (Lipinski definition) is 3. The highest BCUT2D eigenvalue weighted by molar-refractivity contribution is 7.99. The number of nitrogens with one attached hydrogen (secondary N) is 1. The van der Waals surface area contributed by atoms with Crippen LogP contribution in [-0.2, 0) is 0 Å². The first-order valence-electron chi connectivity index (χ1n) is 5.10. The fourth-order valence-electron chi connectivity index (χ4n) is 1.71. The van der Waals surface area contributed by atoms with E-state index in [0.29, 0.717) is 16.1 Å². The highest BCUT2D eigenvalue weighted by atomic mass is 35.5. The SMILES string of the molecule is NC(=S)c1cc(Cl)ccc1NC1CCSC1. The van der Waals surface area contributed by atoms with E-state index in [2.05, 4.69) is 5.32 Å². The second kappa shape index (κ2) is 5.25. The summed E-state index contributed by atoms with van der Waals surface area (Å²) in [5, 5.41) is 4.13. The smallest absolute Gasteiger partial charge is 0.106 e. The summed E-state index contributed by atoms with van der Waals surface area (Å²) in [5.74, 6) is 2.35. The topological polar surface area (TPSA) is 38.0 Å². The zero-order chi connectivity index (χ0) is 11.5. The van der Waals surface area contributed by atoms with Crippen molar-refractivity contribution in [3.8, 4) is 0 Å². The third-order valence-corrected chi connectivity index (χ3v) is 4.15. The van der Waals surface area contributed by atoms with Gasteiger partial charge in [-0.05, 0) is 30.4 Å². The van der Waals surface area contributed by atoms with Gasteiger partial charge in [0.25, 0.3) is 0 Å². The maximum Gasteiger partial charge on any atom is 0.106 e. The van der Waals surface area contributed by atoms with Gasteiger partial charge in [-0.2, -0.15) is 11.8 Å². The molecule has 1 aliphatic rings. The van der Waals surface area contributed by atoms with E-state index in [0.717, 1.165) is 17.0 Å². The Morgan fingerprint density at radius 1 is 1.56 bits per heavy atom. The fourth-order valence-corrected chi connectivity index (χ4v) is 3.21. The van der Waals surface area contributed by atoms with E-state index < -0.39 is 0 Å². The van der Waals surface area contributed by atoms with E-state index in [1.807, 2.05) is 30.0 Å². The first kappa shape index (κ1) is 12.0. The molecule has 1 fully saturated rings. The monoisotopic (exact) mass is 272 g/mol. The molecule has 3 N–H and O–H groups in total. The minimum atomic E-state index is 0.385. The quantitative estimate of drug-likeness (QED) is 0.830. The van der Waals surface area contributed by atoms with E-state index in [9.17, 15) is 0 Å². The van der Waals surface area contributed by atoms with Crippen molar-refractivity contribution in [3.63, 3.8) is 0 Å². The summed E-state index contributed by atoms with van der Waals surface area (Å²) in [6.45, 7) is 0. The maximum absolute atomic E-state index is 5.93.